The van der Waals surface area contributed by atoms with Crippen LogP contribution in [0.1, 0.15) is 22.8 Å². The van der Waals surface area contributed by atoms with E-state index in [1.807, 2.05) is 6.07 Å². The number of hydrogen-bond donors (Lipinski definition) is 2. The van der Waals surface area contributed by atoms with Crippen LogP contribution in [0.15, 0.2) is 42.5 Å². The Morgan fingerprint density at radius 1 is 1.29 bits per heavy atom. The van der Waals surface area contributed by atoms with Gasteiger partial charge in [0.15, 0.2) is 0 Å². The Morgan fingerprint density at radius 3 is 2.57 bits per heavy atom. The first kappa shape index (κ1) is 14.4. The zero-order valence-electron chi connectivity index (χ0n) is 11.6. The van der Waals surface area contributed by atoms with E-state index in [-0.39, 0.29) is 5.97 Å². The molecule has 2 aromatic rings. The summed E-state index contributed by atoms with van der Waals surface area (Å²) in [4.78, 5) is 11.5. The van der Waals surface area contributed by atoms with Crippen molar-refractivity contribution in [3.63, 3.8) is 0 Å². The summed E-state index contributed by atoms with van der Waals surface area (Å²) in [5.74, 6) is -0.345. The van der Waals surface area contributed by atoms with Crippen molar-refractivity contribution in [2.45, 2.75) is 6.92 Å². The summed E-state index contributed by atoms with van der Waals surface area (Å²) < 4.78 is 4.92. The Hall–Kier alpha value is -3.00. The predicted molar refractivity (Wildman–Crippen MR) is 81.3 cm³/mol. The summed E-state index contributed by atoms with van der Waals surface area (Å²) in [6.07, 6.45) is 0. The van der Waals surface area contributed by atoms with E-state index in [1.165, 1.54) is 0 Å². The average Bonchev–Trinajstić information content (AvgIpc) is 2.50. The van der Waals surface area contributed by atoms with Gasteiger partial charge in [0.25, 0.3) is 0 Å². The lowest BCUT2D eigenvalue weighted by atomic mass is 10.1. The van der Waals surface area contributed by atoms with Crippen LogP contribution in [-0.2, 0) is 4.74 Å². The van der Waals surface area contributed by atoms with Gasteiger partial charge >= 0.3 is 5.97 Å². The normalized spacial score (nSPS) is 9.71. The lowest BCUT2D eigenvalue weighted by Gasteiger charge is -2.10. The standard InChI is InChI=1S/C16H15N3O2/c1-2-21-16(20)12-4-6-13(7-5-12)19-15-8-3-11(10-17)9-14(15)18/h3-9,19H,2,18H2,1H3. The molecule has 0 aliphatic heterocycles. The third-order valence-corrected chi connectivity index (χ3v) is 2.86. The van der Waals surface area contributed by atoms with Crippen molar-refractivity contribution in [2.75, 3.05) is 17.7 Å². The maximum atomic E-state index is 11.5. The van der Waals surface area contributed by atoms with Crippen LogP contribution in [0.2, 0.25) is 0 Å². The maximum Gasteiger partial charge on any atom is 0.338 e. The smallest absolute Gasteiger partial charge is 0.338 e. The highest BCUT2D eigenvalue weighted by molar-refractivity contribution is 5.90. The lowest BCUT2D eigenvalue weighted by molar-refractivity contribution is 0.0526. The third-order valence-electron chi connectivity index (χ3n) is 2.86. The van der Waals surface area contributed by atoms with E-state index in [1.54, 1.807) is 49.4 Å². The number of benzene rings is 2. The number of carbonyl (C=O) groups is 1. The molecule has 5 heteroatoms. The molecule has 21 heavy (non-hydrogen) atoms. The molecule has 0 heterocycles. The van der Waals surface area contributed by atoms with Crippen LogP contribution >= 0.6 is 0 Å². The Morgan fingerprint density at radius 2 is 2.00 bits per heavy atom. The molecular weight excluding hydrogens is 266 g/mol. The van der Waals surface area contributed by atoms with Gasteiger partial charge in [-0.25, -0.2) is 4.79 Å². The number of nitrogens with zero attached hydrogens (tertiary/aromatic N) is 1. The molecule has 0 spiro atoms. The van der Waals surface area contributed by atoms with Crippen molar-refractivity contribution in [3.05, 3.63) is 53.6 Å². The van der Waals surface area contributed by atoms with Gasteiger partial charge in [-0.15, -0.1) is 0 Å². The summed E-state index contributed by atoms with van der Waals surface area (Å²) in [5.41, 5.74) is 8.87. The SMILES string of the molecule is CCOC(=O)c1ccc(Nc2ccc(C#N)cc2N)cc1. The topological polar surface area (TPSA) is 88.1 Å². The number of nitrogens with two attached hydrogens (primary N) is 1. The van der Waals surface area contributed by atoms with Crippen molar-refractivity contribution >= 4 is 23.0 Å². The summed E-state index contributed by atoms with van der Waals surface area (Å²) in [6, 6.07) is 14.0. The molecular formula is C16H15N3O2. The van der Waals surface area contributed by atoms with E-state index in [0.29, 0.717) is 29.1 Å². The largest absolute Gasteiger partial charge is 0.462 e. The molecule has 106 valence electrons. The Labute approximate surface area is 123 Å². The predicted octanol–water partition coefficient (Wildman–Crippen LogP) is 3.06. The zero-order chi connectivity index (χ0) is 15.2. The molecule has 0 atom stereocenters. The number of esters is 1. The molecule has 0 saturated heterocycles. The highest BCUT2D eigenvalue weighted by atomic mass is 16.5. The van der Waals surface area contributed by atoms with Crippen LogP contribution in [0.3, 0.4) is 0 Å². The number of nitriles is 1. The van der Waals surface area contributed by atoms with Gasteiger partial charge < -0.3 is 15.8 Å². The Bertz CT molecular complexity index is 688. The van der Waals surface area contributed by atoms with Crippen LogP contribution in [0.4, 0.5) is 17.1 Å². The van der Waals surface area contributed by atoms with E-state index in [0.717, 1.165) is 5.69 Å². The van der Waals surface area contributed by atoms with Crippen molar-refractivity contribution in [1.82, 2.24) is 0 Å². The second-order valence-electron chi connectivity index (χ2n) is 4.34. The minimum atomic E-state index is -0.345. The number of nitrogen functional groups attached to an aromatic ring is 1. The van der Waals surface area contributed by atoms with Crippen molar-refractivity contribution < 1.29 is 9.53 Å². The molecule has 0 aromatic heterocycles. The molecule has 5 nitrogen and oxygen atoms in total. The summed E-state index contributed by atoms with van der Waals surface area (Å²) in [6.45, 7) is 2.11. The third kappa shape index (κ3) is 3.51. The quantitative estimate of drug-likeness (QED) is 0.664. The molecule has 0 aliphatic rings. The summed E-state index contributed by atoms with van der Waals surface area (Å²) in [7, 11) is 0. The van der Waals surface area contributed by atoms with Crippen LogP contribution in [-0.4, -0.2) is 12.6 Å². The second kappa shape index (κ2) is 6.44. The monoisotopic (exact) mass is 281 g/mol. The average molecular weight is 281 g/mol. The van der Waals surface area contributed by atoms with Crippen molar-refractivity contribution in [2.24, 2.45) is 0 Å². The van der Waals surface area contributed by atoms with Gasteiger partial charge in [-0.3, -0.25) is 0 Å². The molecule has 0 saturated carbocycles. The number of anilines is 3. The molecule has 2 aromatic carbocycles. The van der Waals surface area contributed by atoms with Crippen LogP contribution in [0, 0.1) is 11.3 Å². The lowest BCUT2D eigenvalue weighted by Crippen LogP contribution is -2.04. The fourth-order valence-corrected chi connectivity index (χ4v) is 1.81. The number of hydrogen-bond acceptors (Lipinski definition) is 5. The second-order valence-corrected chi connectivity index (χ2v) is 4.34. The highest BCUT2D eigenvalue weighted by Crippen LogP contribution is 2.24. The Balaban J connectivity index is 2.14. The number of carbonyl (C=O) groups excluding carboxylic acids is 1. The first-order valence-corrected chi connectivity index (χ1v) is 6.48. The summed E-state index contributed by atoms with van der Waals surface area (Å²) >= 11 is 0. The fraction of sp³-hybridized carbons (Fsp3) is 0.125. The fourth-order valence-electron chi connectivity index (χ4n) is 1.81. The molecule has 0 amide bonds. The van der Waals surface area contributed by atoms with E-state index >= 15 is 0 Å². The van der Waals surface area contributed by atoms with Crippen molar-refractivity contribution in [3.8, 4) is 6.07 Å². The maximum absolute atomic E-state index is 11.5. The number of rotatable bonds is 4. The van der Waals surface area contributed by atoms with Gasteiger partial charge in [-0.05, 0) is 49.4 Å². The molecule has 0 unspecified atom stereocenters. The molecule has 0 radical (unpaired) electrons. The first-order valence-electron chi connectivity index (χ1n) is 6.48. The van der Waals surface area contributed by atoms with Gasteiger partial charge in [-0.1, -0.05) is 0 Å². The molecule has 2 rings (SSSR count). The number of ether oxygens (including phenoxy) is 1. The molecule has 0 aliphatic carbocycles. The van der Waals surface area contributed by atoms with Gasteiger partial charge in [-0.2, -0.15) is 5.26 Å². The van der Waals surface area contributed by atoms with Gasteiger partial charge in [0.05, 0.1) is 35.2 Å². The van der Waals surface area contributed by atoms with E-state index in [9.17, 15) is 4.79 Å². The van der Waals surface area contributed by atoms with Gasteiger partial charge in [0.1, 0.15) is 0 Å². The van der Waals surface area contributed by atoms with Gasteiger partial charge in [0.2, 0.25) is 0 Å². The van der Waals surface area contributed by atoms with Gasteiger partial charge in [0, 0.05) is 5.69 Å². The minimum Gasteiger partial charge on any atom is -0.462 e. The zero-order valence-corrected chi connectivity index (χ0v) is 11.6. The minimum absolute atomic E-state index is 0.345. The number of nitrogens with one attached hydrogen (secondary N) is 1. The van der Waals surface area contributed by atoms with Crippen LogP contribution < -0.4 is 11.1 Å². The van der Waals surface area contributed by atoms with Crippen LogP contribution in [0.5, 0.6) is 0 Å². The van der Waals surface area contributed by atoms with E-state index in [4.69, 9.17) is 15.7 Å². The van der Waals surface area contributed by atoms with E-state index in [2.05, 4.69) is 5.32 Å². The molecule has 3 N–H and O–H groups in total. The van der Waals surface area contributed by atoms with Crippen molar-refractivity contribution in [1.29, 1.82) is 5.26 Å². The molecule has 0 bridgehead atoms. The summed E-state index contributed by atoms with van der Waals surface area (Å²) in [5, 5.41) is 11.9. The van der Waals surface area contributed by atoms with Crippen LogP contribution in [0.25, 0.3) is 0 Å². The first-order chi connectivity index (χ1) is 10.1. The van der Waals surface area contributed by atoms with E-state index < -0.39 is 0 Å². The Kier molecular flexibility index (Phi) is 4.42. The molecule has 0 fully saturated rings. The highest BCUT2D eigenvalue weighted by Gasteiger charge is 2.06.